The van der Waals surface area contributed by atoms with Crippen molar-refractivity contribution in [1.82, 2.24) is 14.6 Å². The summed E-state index contributed by atoms with van der Waals surface area (Å²) in [4.78, 5) is 18.1. The first-order valence-corrected chi connectivity index (χ1v) is 11.9. The van der Waals surface area contributed by atoms with Gasteiger partial charge in [0.05, 0.1) is 25.9 Å². The average Bonchev–Trinajstić information content (AvgIpc) is 3.46. The lowest BCUT2D eigenvalue weighted by atomic mass is 10.2. The third kappa shape index (κ3) is 4.60. The van der Waals surface area contributed by atoms with Crippen LogP contribution in [0.5, 0.6) is 23.0 Å². The third-order valence-corrected chi connectivity index (χ3v) is 6.51. The Morgan fingerprint density at radius 2 is 1.58 bits per heavy atom. The van der Waals surface area contributed by atoms with Crippen molar-refractivity contribution in [3.63, 3.8) is 0 Å². The fraction of sp³-hybridized carbons (Fsp3) is 0.148. The predicted octanol–water partition coefficient (Wildman–Crippen LogP) is 3.97. The monoisotopic (exact) mass is 501 g/mol. The van der Waals surface area contributed by atoms with Crippen LogP contribution in [-0.4, -0.2) is 35.9 Å². The third-order valence-electron chi connectivity index (χ3n) is 5.55. The number of fused-ring (bicyclic) bond motifs is 1. The first kappa shape index (κ1) is 23.4. The second-order valence-electron chi connectivity index (χ2n) is 7.80. The van der Waals surface area contributed by atoms with Gasteiger partial charge in [-0.1, -0.05) is 47.7 Å². The molecule has 0 radical (unpaired) electrons. The van der Waals surface area contributed by atoms with E-state index < -0.39 is 0 Å². The normalized spacial score (nSPS) is 11.6. The van der Waals surface area contributed by atoms with Crippen LogP contribution in [0.25, 0.3) is 22.4 Å². The van der Waals surface area contributed by atoms with E-state index in [1.54, 1.807) is 39.5 Å². The number of aromatic nitrogens is 3. The van der Waals surface area contributed by atoms with Crippen molar-refractivity contribution in [3.05, 3.63) is 92.7 Å². The van der Waals surface area contributed by atoms with E-state index in [1.165, 1.54) is 15.9 Å². The van der Waals surface area contributed by atoms with Crippen molar-refractivity contribution < 1.29 is 18.9 Å². The molecule has 9 heteroatoms. The standard InChI is InChI=1S/C27H23N3O5S/c1-32-20-12-10-19(15-23(20)34-3)25-28-27-30(29-25)26(31)24(36-27)14-18-9-11-21(22(13-18)33-2)35-16-17-7-5-4-6-8-17/h4-15H,16H2,1-3H3/b24-14+. The molecule has 8 nitrogen and oxygen atoms in total. The Morgan fingerprint density at radius 3 is 2.31 bits per heavy atom. The van der Waals surface area contributed by atoms with E-state index in [9.17, 15) is 4.79 Å². The minimum absolute atomic E-state index is 0.238. The van der Waals surface area contributed by atoms with Crippen LogP contribution in [0.2, 0.25) is 0 Å². The molecule has 182 valence electrons. The summed E-state index contributed by atoms with van der Waals surface area (Å²) < 4.78 is 23.9. The van der Waals surface area contributed by atoms with Crippen LogP contribution < -0.4 is 29.0 Å². The lowest BCUT2D eigenvalue weighted by Gasteiger charge is -2.11. The minimum Gasteiger partial charge on any atom is -0.493 e. The molecule has 0 spiro atoms. The highest BCUT2D eigenvalue weighted by Gasteiger charge is 2.14. The van der Waals surface area contributed by atoms with Gasteiger partial charge in [-0.3, -0.25) is 4.79 Å². The molecule has 0 bridgehead atoms. The predicted molar refractivity (Wildman–Crippen MR) is 138 cm³/mol. The Balaban J connectivity index is 1.42. The number of benzene rings is 3. The number of hydrogen-bond acceptors (Lipinski definition) is 8. The Morgan fingerprint density at radius 1 is 0.861 bits per heavy atom. The fourth-order valence-corrected chi connectivity index (χ4v) is 4.62. The number of thiazole rings is 1. The second kappa shape index (κ2) is 10.1. The van der Waals surface area contributed by atoms with Crippen molar-refractivity contribution in [2.75, 3.05) is 21.3 Å². The molecule has 0 saturated carbocycles. The number of nitrogens with zero attached hydrogens (tertiary/aromatic N) is 3. The molecule has 5 rings (SSSR count). The van der Waals surface area contributed by atoms with Gasteiger partial charge < -0.3 is 18.9 Å². The van der Waals surface area contributed by atoms with E-state index in [0.717, 1.165) is 16.7 Å². The lowest BCUT2D eigenvalue weighted by Crippen LogP contribution is -2.23. The molecule has 0 aliphatic rings. The topological polar surface area (TPSA) is 84.2 Å². The second-order valence-corrected chi connectivity index (χ2v) is 8.81. The van der Waals surface area contributed by atoms with Crippen molar-refractivity contribution in [2.24, 2.45) is 0 Å². The maximum Gasteiger partial charge on any atom is 0.291 e. The zero-order valence-corrected chi connectivity index (χ0v) is 20.7. The molecule has 0 atom stereocenters. The van der Waals surface area contributed by atoms with Gasteiger partial charge in [-0.25, -0.2) is 0 Å². The van der Waals surface area contributed by atoms with Crippen molar-refractivity contribution >= 4 is 22.4 Å². The average molecular weight is 502 g/mol. The minimum atomic E-state index is -0.238. The Kier molecular flexibility index (Phi) is 6.55. The summed E-state index contributed by atoms with van der Waals surface area (Å²) in [6.45, 7) is 0.432. The summed E-state index contributed by atoms with van der Waals surface area (Å²) in [7, 11) is 4.73. The first-order chi connectivity index (χ1) is 17.6. The van der Waals surface area contributed by atoms with Crippen LogP contribution >= 0.6 is 11.3 Å². The fourth-order valence-electron chi connectivity index (χ4n) is 3.71. The van der Waals surface area contributed by atoms with E-state index in [1.807, 2.05) is 54.6 Å². The van der Waals surface area contributed by atoms with Crippen molar-refractivity contribution in [2.45, 2.75) is 6.61 Å². The molecule has 0 fully saturated rings. The quantitative estimate of drug-likeness (QED) is 0.318. The van der Waals surface area contributed by atoms with Gasteiger partial charge in [-0.05, 0) is 47.5 Å². The highest BCUT2D eigenvalue weighted by atomic mass is 32.1. The first-order valence-electron chi connectivity index (χ1n) is 11.1. The molecular weight excluding hydrogens is 478 g/mol. The Hall–Kier alpha value is -4.37. The number of ether oxygens (including phenoxy) is 4. The van der Waals surface area contributed by atoms with Gasteiger partial charge in [0.1, 0.15) is 6.61 Å². The molecule has 3 aromatic carbocycles. The maximum atomic E-state index is 13.0. The van der Waals surface area contributed by atoms with Gasteiger partial charge in [0.2, 0.25) is 4.96 Å². The summed E-state index contributed by atoms with van der Waals surface area (Å²) in [6.07, 6.45) is 1.79. The summed E-state index contributed by atoms with van der Waals surface area (Å²) in [5.41, 5.74) is 2.36. The van der Waals surface area contributed by atoms with E-state index in [0.29, 0.717) is 44.9 Å². The summed E-state index contributed by atoms with van der Waals surface area (Å²) in [5, 5.41) is 4.42. The van der Waals surface area contributed by atoms with E-state index in [-0.39, 0.29) is 5.56 Å². The largest absolute Gasteiger partial charge is 0.493 e. The Labute approximate surface area is 211 Å². The molecule has 0 aliphatic heterocycles. The van der Waals surface area contributed by atoms with Crippen LogP contribution in [0.4, 0.5) is 0 Å². The highest BCUT2D eigenvalue weighted by molar-refractivity contribution is 7.15. The summed E-state index contributed by atoms with van der Waals surface area (Å²) in [6, 6.07) is 20.9. The number of methoxy groups -OCH3 is 3. The molecule has 2 heterocycles. The van der Waals surface area contributed by atoms with Crippen LogP contribution in [0.3, 0.4) is 0 Å². The summed E-state index contributed by atoms with van der Waals surface area (Å²) in [5.74, 6) is 2.82. The van der Waals surface area contributed by atoms with Gasteiger partial charge in [-0.2, -0.15) is 9.50 Å². The Bertz CT molecular complexity index is 1630. The molecular formula is C27H23N3O5S. The maximum absolute atomic E-state index is 13.0. The van der Waals surface area contributed by atoms with Crippen molar-refractivity contribution in [3.8, 4) is 34.4 Å². The molecule has 0 saturated heterocycles. The molecule has 0 N–H and O–H groups in total. The molecule has 36 heavy (non-hydrogen) atoms. The van der Waals surface area contributed by atoms with Gasteiger partial charge in [0, 0.05) is 5.56 Å². The molecule has 0 amide bonds. The number of rotatable bonds is 8. The van der Waals surface area contributed by atoms with Crippen LogP contribution in [0, 0.1) is 0 Å². The van der Waals surface area contributed by atoms with E-state index in [2.05, 4.69) is 10.1 Å². The van der Waals surface area contributed by atoms with Crippen molar-refractivity contribution in [1.29, 1.82) is 0 Å². The molecule has 0 unspecified atom stereocenters. The van der Waals surface area contributed by atoms with Gasteiger partial charge in [0.15, 0.2) is 28.8 Å². The van der Waals surface area contributed by atoms with Gasteiger partial charge in [-0.15, -0.1) is 5.10 Å². The zero-order valence-electron chi connectivity index (χ0n) is 19.9. The zero-order chi connectivity index (χ0) is 25.1. The summed E-state index contributed by atoms with van der Waals surface area (Å²) >= 11 is 1.27. The van der Waals surface area contributed by atoms with Gasteiger partial charge >= 0.3 is 0 Å². The van der Waals surface area contributed by atoms with Crippen LogP contribution in [0.15, 0.2) is 71.5 Å². The molecule has 2 aromatic heterocycles. The molecule has 0 aliphatic carbocycles. The number of hydrogen-bond donors (Lipinski definition) is 0. The smallest absolute Gasteiger partial charge is 0.291 e. The molecule has 5 aromatic rings. The highest BCUT2D eigenvalue weighted by Crippen LogP contribution is 2.31. The van der Waals surface area contributed by atoms with E-state index in [4.69, 9.17) is 18.9 Å². The van der Waals surface area contributed by atoms with Crippen LogP contribution in [0.1, 0.15) is 11.1 Å². The van der Waals surface area contributed by atoms with Gasteiger partial charge in [0.25, 0.3) is 5.56 Å². The van der Waals surface area contributed by atoms with Crippen LogP contribution in [-0.2, 0) is 6.61 Å². The SMILES string of the molecule is COc1ccc(-c2nc3s/c(=C/c4ccc(OCc5ccccc5)c(OC)c4)c(=O)n3n2)cc1OC. The van der Waals surface area contributed by atoms with E-state index >= 15 is 0 Å². The lowest BCUT2D eigenvalue weighted by molar-refractivity contribution is 0.284.